The minimum absolute atomic E-state index is 0.0813. The lowest BCUT2D eigenvalue weighted by atomic mass is 10.00. The number of hydrogen-bond acceptors (Lipinski definition) is 6. The Morgan fingerprint density at radius 1 is 1.05 bits per heavy atom. The van der Waals surface area contributed by atoms with Crippen molar-refractivity contribution < 1.29 is 24.3 Å². The minimum Gasteiger partial charge on any atom is -0.493 e. The molecule has 1 saturated heterocycles. The number of amides is 2. The molecule has 0 aliphatic carbocycles. The van der Waals surface area contributed by atoms with Crippen LogP contribution in [0, 0.1) is 0 Å². The quantitative estimate of drug-likeness (QED) is 0.0991. The molecule has 2 amide bonds. The number of piperazine rings is 1. The Labute approximate surface area is 232 Å². The molecule has 0 atom stereocenters. The normalized spacial score (nSPS) is 14.8. The number of hydroxylamine groups is 1. The fraction of sp³-hybridized carbons (Fsp3) is 0.233. The van der Waals surface area contributed by atoms with Gasteiger partial charge in [-0.25, -0.2) is 10.5 Å². The van der Waals surface area contributed by atoms with Crippen molar-refractivity contribution in [3.05, 3.63) is 84.2 Å². The summed E-state index contributed by atoms with van der Waals surface area (Å²) in [6.45, 7) is 7.53. The van der Waals surface area contributed by atoms with Gasteiger partial charge in [0.2, 0.25) is 0 Å². The SMILES string of the molecule is C=C/C(=C\N=C(C)N1CCN(C(=O)/C(=C/c2ccc(OC)c(OC)c2)c2c[nH]c3ccccc23)CC1)C(=O)NO. The van der Waals surface area contributed by atoms with Gasteiger partial charge < -0.3 is 24.3 Å². The molecule has 2 heterocycles. The minimum atomic E-state index is -0.687. The van der Waals surface area contributed by atoms with E-state index in [0.29, 0.717) is 49.1 Å². The Balaban J connectivity index is 1.60. The van der Waals surface area contributed by atoms with E-state index in [4.69, 9.17) is 14.7 Å². The standard InChI is InChI=1S/C30H33N5O5/c1-5-22(29(36)33-38)18-31-20(2)34-12-14-35(15-13-34)30(37)24(25-19-32-26-9-7-6-8-23(25)26)16-21-10-11-27(39-3)28(17-21)40-4/h5-11,16-19,32,38H,1,12-15H2,2-4H3,(H,33,36)/b22-18+,24-16+,31-20?. The number of aromatic amines is 1. The third-order valence-corrected chi connectivity index (χ3v) is 6.83. The molecule has 0 spiro atoms. The summed E-state index contributed by atoms with van der Waals surface area (Å²) >= 11 is 0. The average molecular weight is 544 g/mol. The highest BCUT2D eigenvalue weighted by atomic mass is 16.5. The van der Waals surface area contributed by atoms with Gasteiger partial charge in [0.15, 0.2) is 11.5 Å². The monoisotopic (exact) mass is 543 g/mol. The fourth-order valence-corrected chi connectivity index (χ4v) is 4.57. The van der Waals surface area contributed by atoms with Crippen LogP contribution in [0.3, 0.4) is 0 Å². The molecule has 1 aliphatic heterocycles. The number of H-pyrrole nitrogens is 1. The van der Waals surface area contributed by atoms with Crippen molar-refractivity contribution in [2.24, 2.45) is 4.99 Å². The molecule has 40 heavy (non-hydrogen) atoms. The molecule has 10 nitrogen and oxygen atoms in total. The average Bonchev–Trinajstić information content (AvgIpc) is 3.43. The Bertz CT molecular complexity index is 1500. The predicted octanol–water partition coefficient (Wildman–Crippen LogP) is 3.86. The van der Waals surface area contributed by atoms with E-state index in [1.807, 2.05) is 71.5 Å². The molecule has 0 saturated carbocycles. The number of benzene rings is 2. The number of fused-ring (bicyclic) bond motifs is 1. The van der Waals surface area contributed by atoms with Crippen LogP contribution in [0.2, 0.25) is 0 Å². The molecule has 1 aromatic heterocycles. The first kappa shape index (κ1) is 28.2. The second-order valence-corrected chi connectivity index (χ2v) is 9.11. The van der Waals surface area contributed by atoms with Crippen molar-refractivity contribution in [1.29, 1.82) is 0 Å². The second-order valence-electron chi connectivity index (χ2n) is 9.11. The number of nitrogens with one attached hydrogen (secondary N) is 2. The van der Waals surface area contributed by atoms with Crippen molar-refractivity contribution in [1.82, 2.24) is 20.3 Å². The summed E-state index contributed by atoms with van der Waals surface area (Å²) in [4.78, 5) is 37.2. The van der Waals surface area contributed by atoms with E-state index >= 15 is 0 Å². The van der Waals surface area contributed by atoms with E-state index in [-0.39, 0.29) is 11.5 Å². The Hall–Kier alpha value is -4.83. The summed E-state index contributed by atoms with van der Waals surface area (Å²) in [5.74, 6) is 1.11. The van der Waals surface area contributed by atoms with Crippen LogP contribution in [0.5, 0.6) is 11.5 Å². The number of carbonyl (C=O) groups excluding carboxylic acids is 2. The smallest absolute Gasteiger partial charge is 0.276 e. The lowest BCUT2D eigenvalue weighted by Crippen LogP contribution is -2.50. The van der Waals surface area contributed by atoms with E-state index in [1.54, 1.807) is 19.7 Å². The number of hydrogen-bond donors (Lipinski definition) is 3. The van der Waals surface area contributed by atoms with Crippen LogP contribution in [0.1, 0.15) is 18.1 Å². The van der Waals surface area contributed by atoms with Crippen LogP contribution in [-0.4, -0.2) is 78.0 Å². The fourth-order valence-electron chi connectivity index (χ4n) is 4.57. The number of carbonyl (C=O) groups is 2. The highest BCUT2D eigenvalue weighted by Gasteiger charge is 2.26. The van der Waals surface area contributed by atoms with Crippen LogP contribution in [0.25, 0.3) is 22.6 Å². The summed E-state index contributed by atoms with van der Waals surface area (Å²) in [6, 6.07) is 13.4. The van der Waals surface area contributed by atoms with Crippen LogP contribution >= 0.6 is 0 Å². The third-order valence-electron chi connectivity index (χ3n) is 6.83. The maximum absolute atomic E-state index is 14.0. The summed E-state index contributed by atoms with van der Waals surface area (Å²) < 4.78 is 10.8. The highest BCUT2D eigenvalue weighted by Crippen LogP contribution is 2.32. The number of rotatable bonds is 8. The van der Waals surface area contributed by atoms with Gasteiger partial charge in [-0.3, -0.25) is 14.8 Å². The van der Waals surface area contributed by atoms with Crippen LogP contribution in [0.15, 0.2) is 78.1 Å². The molecular formula is C30H33N5O5. The number of nitrogens with zero attached hydrogens (tertiary/aromatic N) is 3. The van der Waals surface area contributed by atoms with Crippen molar-refractivity contribution >= 4 is 40.2 Å². The van der Waals surface area contributed by atoms with Crippen molar-refractivity contribution in [2.75, 3.05) is 40.4 Å². The number of para-hydroxylation sites is 1. The number of aromatic nitrogens is 1. The molecule has 0 radical (unpaired) electrons. The van der Waals surface area contributed by atoms with Gasteiger partial charge in [0, 0.05) is 60.6 Å². The summed E-state index contributed by atoms with van der Waals surface area (Å²) in [5.41, 5.74) is 4.85. The summed E-state index contributed by atoms with van der Waals surface area (Å²) in [7, 11) is 3.16. The highest BCUT2D eigenvalue weighted by molar-refractivity contribution is 6.27. The van der Waals surface area contributed by atoms with Gasteiger partial charge in [-0.05, 0) is 36.8 Å². The molecule has 3 N–H and O–H groups in total. The van der Waals surface area contributed by atoms with Crippen LogP contribution in [-0.2, 0) is 9.59 Å². The zero-order valence-electron chi connectivity index (χ0n) is 22.8. The maximum Gasteiger partial charge on any atom is 0.276 e. The summed E-state index contributed by atoms with van der Waals surface area (Å²) in [6.07, 6.45) is 6.42. The zero-order valence-corrected chi connectivity index (χ0v) is 22.8. The van der Waals surface area contributed by atoms with Gasteiger partial charge in [-0.1, -0.05) is 36.9 Å². The molecule has 3 aromatic rings. The Morgan fingerprint density at radius 3 is 2.42 bits per heavy atom. The first-order valence-corrected chi connectivity index (χ1v) is 12.8. The maximum atomic E-state index is 14.0. The second kappa shape index (κ2) is 12.8. The number of methoxy groups -OCH3 is 2. The van der Waals surface area contributed by atoms with Crippen molar-refractivity contribution in [3.63, 3.8) is 0 Å². The molecule has 208 valence electrons. The van der Waals surface area contributed by atoms with Gasteiger partial charge in [-0.15, -0.1) is 0 Å². The lowest BCUT2D eigenvalue weighted by Gasteiger charge is -2.36. The predicted molar refractivity (Wildman–Crippen MR) is 155 cm³/mol. The number of aliphatic imine (C=N–C) groups is 1. The number of ether oxygens (including phenoxy) is 2. The van der Waals surface area contributed by atoms with Gasteiger partial charge in [0.25, 0.3) is 11.8 Å². The van der Waals surface area contributed by atoms with Gasteiger partial charge >= 0.3 is 0 Å². The molecule has 10 heteroatoms. The first-order valence-electron chi connectivity index (χ1n) is 12.8. The molecule has 1 aliphatic rings. The van der Waals surface area contributed by atoms with Crippen LogP contribution in [0.4, 0.5) is 0 Å². The molecule has 0 bridgehead atoms. The van der Waals surface area contributed by atoms with Gasteiger partial charge in [0.05, 0.1) is 19.8 Å². The first-order chi connectivity index (χ1) is 19.4. The molecular weight excluding hydrogens is 510 g/mol. The molecule has 1 fully saturated rings. The van der Waals surface area contributed by atoms with Gasteiger partial charge in [0.1, 0.15) is 5.84 Å². The Kier molecular flexibility index (Phi) is 9.03. The largest absolute Gasteiger partial charge is 0.493 e. The van der Waals surface area contributed by atoms with Crippen LogP contribution < -0.4 is 15.0 Å². The van der Waals surface area contributed by atoms with E-state index < -0.39 is 5.91 Å². The Morgan fingerprint density at radius 2 is 1.75 bits per heavy atom. The van der Waals surface area contributed by atoms with E-state index in [1.165, 1.54) is 12.3 Å². The zero-order chi connectivity index (χ0) is 28.6. The summed E-state index contributed by atoms with van der Waals surface area (Å²) in [5, 5.41) is 9.80. The molecule has 0 unspecified atom stereocenters. The molecule has 4 rings (SSSR count). The van der Waals surface area contributed by atoms with Crippen molar-refractivity contribution in [3.8, 4) is 11.5 Å². The molecule has 2 aromatic carbocycles. The van der Waals surface area contributed by atoms with E-state index in [9.17, 15) is 9.59 Å². The van der Waals surface area contributed by atoms with Gasteiger partial charge in [-0.2, -0.15) is 0 Å². The number of amidine groups is 1. The van der Waals surface area contributed by atoms with E-state index in [0.717, 1.165) is 22.0 Å². The topological polar surface area (TPSA) is 119 Å². The lowest BCUT2D eigenvalue weighted by molar-refractivity contribution is -0.126. The van der Waals surface area contributed by atoms with E-state index in [2.05, 4.69) is 16.6 Å². The van der Waals surface area contributed by atoms with Crippen molar-refractivity contribution in [2.45, 2.75) is 6.92 Å². The third kappa shape index (κ3) is 6.08.